The Labute approximate surface area is 132 Å². The van der Waals surface area contributed by atoms with Crippen LogP contribution < -0.4 is 4.72 Å². The third kappa shape index (κ3) is 2.70. The Hall–Kier alpha value is -2.67. The van der Waals surface area contributed by atoms with Gasteiger partial charge < -0.3 is 4.98 Å². The Balaban J connectivity index is 2.11. The summed E-state index contributed by atoms with van der Waals surface area (Å²) in [5.41, 5.74) is 1.34. The Morgan fingerprint density at radius 2 is 1.83 bits per heavy atom. The van der Waals surface area contributed by atoms with Gasteiger partial charge in [-0.05, 0) is 31.2 Å². The highest BCUT2D eigenvalue weighted by Crippen LogP contribution is 2.29. The smallest absolute Gasteiger partial charge is 0.261 e. The first-order valence-corrected chi connectivity index (χ1v) is 8.25. The molecule has 118 valence electrons. The van der Waals surface area contributed by atoms with Crippen LogP contribution in [0.4, 0.5) is 10.1 Å². The number of nitrogens with one attached hydrogen (secondary N) is 2. The van der Waals surface area contributed by atoms with Crippen LogP contribution in [0.3, 0.4) is 0 Å². The number of halogens is 1. The number of carbonyl (C=O) groups excluding carboxylic acids is 1. The predicted octanol–water partition coefficient (Wildman–Crippen LogP) is 3.23. The van der Waals surface area contributed by atoms with Crippen LogP contribution in [-0.4, -0.2) is 19.7 Å². The first-order chi connectivity index (χ1) is 10.9. The standard InChI is InChI=1S/C16H13FN2O3S/c1-10-2-4-12(5-3-10)23(21,22)19-14-7-6-13(17)16-15(14)11(9-20)8-18-16/h2-9,18-19H,1H3. The summed E-state index contributed by atoms with van der Waals surface area (Å²) < 4.78 is 41.1. The zero-order valence-electron chi connectivity index (χ0n) is 12.1. The number of hydrogen-bond acceptors (Lipinski definition) is 3. The second kappa shape index (κ2) is 5.51. The van der Waals surface area contributed by atoms with E-state index in [2.05, 4.69) is 9.71 Å². The summed E-state index contributed by atoms with van der Waals surface area (Å²) in [6.07, 6.45) is 1.88. The Kier molecular flexibility index (Phi) is 3.65. The number of rotatable bonds is 4. The number of fused-ring (bicyclic) bond motifs is 1. The summed E-state index contributed by atoms with van der Waals surface area (Å²) in [7, 11) is -3.84. The number of anilines is 1. The summed E-state index contributed by atoms with van der Waals surface area (Å²) in [5, 5.41) is 0.204. The highest BCUT2D eigenvalue weighted by molar-refractivity contribution is 7.92. The van der Waals surface area contributed by atoms with E-state index in [1.165, 1.54) is 24.4 Å². The van der Waals surface area contributed by atoms with E-state index in [9.17, 15) is 17.6 Å². The van der Waals surface area contributed by atoms with E-state index in [-0.39, 0.29) is 27.0 Å². The molecule has 0 aliphatic heterocycles. The molecule has 0 aliphatic carbocycles. The largest absolute Gasteiger partial charge is 0.358 e. The maximum atomic E-state index is 13.8. The molecular weight excluding hydrogens is 319 g/mol. The molecular formula is C16H13FN2O3S. The van der Waals surface area contributed by atoms with Crippen molar-refractivity contribution in [3.05, 3.63) is 59.5 Å². The number of benzene rings is 2. The van der Waals surface area contributed by atoms with E-state index in [1.54, 1.807) is 12.1 Å². The van der Waals surface area contributed by atoms with Crippen molar-refractivity contribution in [3.8, 4) is 0 Å². The van der Waals surface area contributed by atoms with Crippen molar-refractivity contribution in [2.75, 3.05) is 4.72 Å². The van der Waals surface area contributed by atoms with Gasteiger partial charge in [-0.3, -0.25) is 9.52 Å². The molecule has 23 heavy (non-hydrogen) atoms. The molecule has 0 atom stereocenters. The van der Waals surface area contributed by atoms with Gasteiger partial charge in [0.25, 0.3) is 10.0 Å². The number of carbonyl (C=O) groups is 1. The maximum absolute atomic E-state index is 13.8. The molecule has 2 N–H and O–H groups in total. The second-order valence-electron chi connectivity index (χ2n) is 5.13. The molecule has 1 heterocycles. The molecule has 0 unspecified atom stereocenters. The Morgan fingerprint density at radius 3 is 2.48 bits per heavy atom. The fourth-order valence-corrected chi connectivity index (χ4v) is 3.41. The molecule has 3 aromatic rings. The summed E-state index contributed by atoms with van der Waals surface area (Å²) in [6.45, 7) is 1.85. The minimum Gasteiger partial charge on any atom is -0.358 e. The van der Waals surface area contributed by atoms with Crippen LogP contribution in [0.5, 0.6) is 0 Å². The van der Waals surface area contributed by atoms with Crippen LogP contribution in [0.1, 0.15) is 15.9 Å². The number of aldehydes is 1. The van der Waals surface area contributed by atoms with Gasteiger partial charge >= 0.3 is 0 Å². The van der Waals surface area contributed by atoms with Crippen LogP contribution in [0.2, 0.25) is 0 Å². The Morgan fingerprint density at radius 1 is 1.13 bits per heavy atom. The van der Waals surface area contributed by atoms with Crippen LogP contribution in [0.25, 0.3) is 10.9 Å². The van der Waals surface area contributed by atoms with Gasteiger partial charge in [0.2, 0.25) is 0 Å². The van der Waals surface area contributed by atoms with Crippen molar-refractivity contribution in [2.24, 2.45) is 0 Å². The Bertz CT molecular complexity index is 992. The van der Waals surface area contributed by atoms with Crippen molar-refractivity contribution in [1.29, 1.82) is 0 Å². The molecule has 1 aromatic heterocycles. The predicted molar refractivity (Wildman–Crippen MR) is 85.6 cm³/mol. The average molecular weight is 332 g/mol. The van der Waals surface area contributed by atoms with Crippen molar-refractivity contribution in [3.63, 3.8) is 0 Å². The molecule has 0 saturated carbocycles. The average Bonchev–Trinajstić information content (AvgIpc) is 2.95. The molecule has 5 nitrogen and oxygen atoms in total. The molecule has 0 aliphatic rings. The summed E-state index contributed by atoms with van der Waals surface area (Å²) >= 11 is 0. The van der Waals surface area contributed by atoms with Gasteiger partial charge in [0.15, 0.2) is 6.29 Å². The van der Waals surface area contributed by atoms with Crippen LogP contribution in [0.15, 0.2) is 47.5 Å². The number of aromatic amines is 1. The highest BCUT2D eigenvalue weighted by Gasteiger charge is 2.18. The van der Waals surface area contributed by atoms with Gasteiger partial charge in [-0.15, -0.1) is 0 Å². The second-order valence-corrected chi connectivity index (χ2v) is 6.81. The molecule has 0 amide bonds. The fourth-order valence-electron chi connectivity index (χ4n) is 2.34. The number of aryl methyl sites for hydroxylation is 1. The van der Waals surface area contributed by atoms with Gasteiger partial charge in [0.05, 0.1) is 16.1 Å². The number of H-pyrrole nitrogens is 1. The summed E-state index contributed by atoms with van der Waals surface area (Å²) in [5.74, 6) is -0.564. The normalized spacial score (nSPS) is 11.6. The monoisotopic (exact) mass is 332 g/mol. The lowest BCUT2D eigenvalue weighted by molar-refractivity contribution is 0.112. The number of hydrogen-bond donors (Lipinski definition) is 2. The minimum absolute atomic E-state index is 0.0798. The first-order valence-electron chi connectivity index (χ1n) is 6.76. The zero-order chi connectivity index (χ0) is 16.6. The third-order valence-electron chi connectivity index (χ3n) is 3.52. The third-order valence-corrected chi connectivity index (χ3v) is 4.90. The van der Waals surface area contributed by atoms with E-state index in [0.717, 1.165) is 11.6 Å². The van der Waals surface area contributed by atoms with E-state index in [1.807, 2.05) is 6.92 Å². The lowest BCUT2D eigenvalue weighted by atomic mass is 10.1. The summed E-state index contributed by atoms with van der Waals surface area (Å²) in [4.78, 5) is 13.8. The van der Waals surface area contributed by atoms with Crippen LogP contribution in [-0.2, 0) is 10.0 Å². The topological polar surface area (TPSA) is 79.0 Å². The maximum Gasteiger partial charge on any atom is 0.261 e. The van der Waals surface area contributed by atoms with Crippen LogP contribution >= 0.6 is 0 Å². The van der Waals surface area contributed by atoms with Gasteiger partial charge in [0.1, 0.15) is 5.82 Å². The van der Waals surface area contributed by atoms with Gasteiger partial charge in [-0.25, -0.2) is 12.8 Å². The molecule has 2 aromatic carbocycles. The van der Waals surface area contributed by atoms with E-state index in [0.29, 0.717) is 6.29 Å². The first kappa shape index (κ1) is 15.2. The lowest BCUT2D eigenvalue weighted by Gasteiger charge is -2.10. The SMILES string of the molecule is Cc1ccc(S(=O)(=O)Nc2ccc(F)c3[nH]cc(C=O)c23)cc1. The van der Waals surface area contributed by atoms with Crippen molar-refractivity contribution >= 4 is 32.9 Å². The van der Waals surface area contributed by atoms with Gasteiger partial charge in [-0.2, -0.15) is 0 Å². The molecule has 0 bridgehead atoms. The number of aromatic nitrogens is 1. The minimum atomic E-state index is -3.84. The molecule has 3 rings (SSSR count). The van der Waals surface area contributed by atoms with Gasteiger partial charge in [0, 0.05) is 17.1 Å². The summed E-state index contributed by atoms with van der Waals surface area (Å²) in [6, 6.07) is 8.76. The van der Waals surface area contributed by atoms with Crippen LogP contribution in [0, 0.1) is 12.7 Å². The molecule has 0 saturated heterocycles. The van der Waals surface area contributed by atoms with E-state index in [4.69, 9.17) is 0 Å². The molecule has 0 spiro atoms. The highest BCUT2D eigenvalue weighted by atomic mass is 32.2. The fraction of sp³-hybridized carbons (Fsp3) is 0.0625. The number of sulfonamides is 1. The molecule has 0 radical (unpaired) electrons. The van der Waals surface area contributed by atoms with Crippen molar-refractivity contribution in [2.45, 2.75) is 11.8 Å². The molecule has 7 heteroatoms. The van der Waals surface area contributed by atoms with E-state index < -0.39 is 15.8 Å². The molecule has 0 fully saturated rings. The van der Waals surface area contributed by atoms with Gasteiger partial charge in [-0.1, -0.05) is 17.7 Å². The van der Waals surface area contributed by atoms with E-state index >= 15 is 0 Å². The zero-order valence-corrected chi connectivity index (χ0v) is 12.9. The van der Waals surface area contributed by atoms with Crippen molar-refractivity contribution in [1.82, 2.24) is 4.98 Å². The lowest BCUT2D eigenvalue weighted by Crippen LogP contribution is -2.13. The van der Waals surface area contributed by atoms with Crippen molar-refractivity contribution < 1.29 is 17.6 Å². The quantitative estimate of drug-likeness (QED) is 0.720.